The number of aromatic nitrogens is 2. The highest BCUT2D eigenvalue weighted by Crippen LogP contribution is 2.22. The Balaban J connectivity index is 2.91. The van der Waals surface area contributed by atoms with Crippen LogP contribution >= 0.6 is 0 Å². The Labute approximate surface area is 109 Å². The van der Waals surface area contributed by atoms with E-state index in [1.807, 2.05) is 14.1 Å². The molecule has 0 saturated carbocycles. The fraction of sp³-hybridized carbons (Fsp3) is 0.692. The number of rotatable bonds is 7. The number of nitrogens with zero attached hydrogens (tertiary/aromatic N) is 3. The fourth-order valence-electron chi connectivity index (χ4n) is 1.88. The summed E-state index contributed by atoms with van der Waals surface area (Å²) >= 11 is 0. The minimum Gasteiger partial charge on any atom is -0.475 e. The highest BCUT2D eigenvalue weighted by Gasteiger charge is 2.14. The van der Waals surface area contributed by atoms with Crippen LogP contribution in [-0.2, 0) is 19.4 Å². The van der Waals surface area contributed by atoms with Crippen molar-refractivity contribution < 1.29 is 4.74 Å². The molecule has 18 heavy (non-hydrogen) atoms. The molecule has 102 valence electrons. The SMILES string of the molecule is CCc1nnc(OCCN(C)C)c(CN)c1CC. The van der Waals surface area contributed by atoms with Crippen molar-refractivity contribution >= 4 is 0 Å². The van der Waals surface area contributed by atoms with Crippen molar-refractivity contribution in [3.05, 3.63) is 16.8 Å². The number of ether oxygens (including phenoxy) is 1. The van der Waals surface area contributed by atoms with Crippen molar-refractivity contribution in [2.24, 2.45) is 5.73 Å². The molecule has 0 aliphatic heterocycles. The second kappa shape index (κ2) is 7.28. The van der Waals surface area contributed by atoms with Gasteiger partial charge in [0.15, 0.2) is 0 Å². The van der Waals surface area contributed by atoms with Gasteiger partial charge in [-0.2, -0.15) is 5.10 Å². The molecule has 0 atom stereocenters. The molecule has 0 aromatic carbocycles. The lowest BCUT2D eigenvalue weighted by Gasteiger charge is -2.15. The Morgan fingerprint density at radius 3 is 2.33 bits per heavy atom. The Morgan fingerprint density at radius 2 is 1.83 bits per heavy atom. The van der Waals surface area contributed by atoms with Gasteiger partial charge < -0.3 is 15.4 Å². The van der Waals surface area contributed by atoms with Crippen molar-refractivity contribution in [1.82, 2.24) is 15.1 Å². The first kappa shape index (κ1) is 14.9. The normalized spacial score (nSPS) is 11.0. The van der Waals surface area contributed by atoms with Crippen LogP contribution in [0.3, 0.4) is 0 Å². The molecule has 1 aromatic heterocycles. The monoisotopic (exact) mass is 252 g/mol. The number of hydrogen-bond acceptors (Lipinski definition) is 5. The van der Waals surface area contributed by atoms with Gasteiger partial charge in [-0.25, -0.2) is 0 Å². The van der Waals surface area contributed by atoms with Gasteiger partial charge in [0.2, 0.25) is 5.88 Å². The summed E-state index contributed by atoms with van der Waals surface area (Å²) in [6.07, 6.45) is 1.79. The summed E-state index contributed by atoms with van der Waals surface area (Å²) in [6.45, 7) is 6.09. The topological polar surface area (TPSA) is 64.3 Å². The maximum absolute atomic E-state index is 5.82. The van der Waals surface area contributed by atoms with Crippen LogP contribution in [-0.4, -0.2) is 42.3 Å². The zero-order valence-corrected chi connectivity index (χ0v) is 11.9. The first-order chi connectivity index (χ1) is 8.63. The van der Waals surface area contributed by atoms with Crippen molar-refractivity contribution in [2.75, 3.05) is 27.2 Å². The third-order valence-corrected chi connectivity index (χ3v) is 2.90. The van der Waals surface area contributed by atoms with E-state index in [0.29, 0.717) is 19.0 Å². The standard InChI is InChI=1S/C13H24N4O/c1-5-10-11(9-14)13(16-15-12(10)6-2)18-8-7-17(3)4/h5-9,14H2,1-4H3. The summed E-state index contributed by atoms with van der Waals surface area (Å²) in [5.74, 6) is 0.591. The molecular weight excluding hydrogens is 228 g/mol. The lowest BCUT2D eigenvalue weighted by Crippen LogP contribution is -2.21. The average molecular weight is 252 g/mol. The molecule has 2 N–H and O–H groups in total. The van der Waals surface area contributed by atoms with Crippen molar-refractivity contribution in [3.63, 3.8) is 0 Å². The largest absolute Gasteiger partial charge is 0.475 e. The van der Waals surface area contributed by atoms with Gasteiger partial charge in [-0.3, -0.25) is 0 Å². The van der Waals surface area contributed by atoms with Gasteiger partial charge in [-0.15, -0.1) is 5.10 Å². The van der Waals surface area contributed by atoms with Crippen LogP contribution in [0.2, 0.25) is 0 Å². The van der Waals surface area contributed by atoms with Gasteiger partial charge in [0.05, 0.1) is 5.69 Å². The summed E-state index contributed by atoms with van der Waals surface area (Å²) in [4.78, 5) is 2.07. The molecule has 0 radical (unpaired) electrons. The molecule has 0 amide bonds. The molecule has 0 fully saturated rings. The van der Waals surface area contributed by atoms with Crippen molar-refractivity contribution in [2.45, 2.75) is 33.2 Å². The van der Waals surface area contributed by atoms with Crippen LogP contribution in [0.4, 0.5) is 0 Å². The van der Waals surface area contributed by atoms with Crippen LogP contribution in [0.1, 0.15) is 30.7 Å². The predicted octanol–water partition coefficient (Wildman–Crippen LogP) is 1.00. The first-order valence-electron chi connectivity index (χ1n) is 6.48. The maximum atomic E-state index is 5.82. The van der Waals surface area contributed by atoms with Crippen LogP contribution in [0.5, 0.6) is 5.88 Å². The van der Waals surface area contributed by atoms with E-state index in [1.54, 1.807) is 0 Å². The molecule has 0 bridgehead atoms. The molecule has 1 heterocycles. The van der Waals surface area contributed by atoms with Crippen molar-refractivity contribution in [1.29, 1.82) is 0 Å². The molecule has 0 spiro atoms. The van der Waals surface area contributed by atoms with E-state index in [0.717, 1.165) is 30.6 Å². The van der Waals surface area contributed by atoms with Crippen LogP contribution in [0, 0.1) is 0 Å². The second-order valence-corrected chi connectivity index (χ2v) is 4.47. The number of likely N-dealkylation sites (N-methyl/N-ethyl adjacent to an activating group) is 1. The van der Waals surface area contributed by atoms with E-state index in [4.69, 9.17) is 10.5 Å². The molecule has 1 rings (SSSR count). The lowest BCUT2D eigenvalue weighted by atomic mass is 10.0. The van der Waals surface area contributed by atoms with E-state index < -0.39 is 0 Å². The fourth-order valence-corrected chi connectivity index (χ4v) is 1.88. The quantitative estimate of drug-likeness (QED) is 0.784. The predicted molar refractivity (Wildman–Crippen MR) is 72.7 cm³/mol. The first-order valence-corrected chi connectivity index (χ1v) is 6.48. The van der Waals surface area contributed by atoms with Gasteiger partial charge in [-0.1, -0.05) is 13.8 Å². The minimum atomic E-state index is 0.447. The zero-order chi connectivity index (χ0) is 13.5. The van der Waals surface area contributed by atoms with E-state index in [-0.39, 0.29) is 0 Å². The Kier molecular flexibility index (Phi) is 6.01. The second-order valence-electron chi connectivity index (χ2n) is 4.47. The van der Waals surface area contributed by atoms with E-state index in [1.165, 1.54) is 5.56 Å². The lowest BCUT2D eigenvalue weighted by molar-refractivity contribution is 0.249. The molecule has 1 aromatic rings. The van der Waals surface area contributed by atoms with Gasteiger partial charge in [-0.05, 0) is 32.5 Å². The van der Waals surface area contributed by atoms with Crippen LogP contribution < -0.4 is 10.5 Å². The Hall–Kier alpha value is -1.20. The highest BCUT2D eigenvalue weighted by molar-refractivity contribution is 5.36. The van der Waals surface area contributed by atoms with Crippen molar-refractivity contribution in [3.8, 4) is 5.88 Å². The van der Waals surface area contributed by atoms with E-state index in [2.05, 4.69) is 28.9 Å². The summed E-state index contributed by atoms with van der Waals surface area (Å²) in [5.41, 5.74) is 9.04. The van der Waals surface area contributed by atoms with Gasteiger partial charge in [0, 0.05) is 18.7 Å². The highest BCUT2D eigenvalue weighted by atomic mass is 16.5. The molecular formula is C13H24N4O. The number of nitrogens with two attached hydrogens (primary N) is 1. The molecule has 0 unspecified atom stereocenters. The Morgan fingerprint density at radius 1 is 1.11 bits per heavy atom. The maximum Gasteiger partial charge on any atom is 0.238 e. The van der Waals surface area contributed by atoms with E-state index in [9.17, 15) is 0 Å². The molecule has 5 heteroatoms. The summed E-state index contributed by atoms with van der Waals surface area (Å²) in [5, 5.41) is 8.39. The third-order valence-electron chi connectivity index (χ3n) is 2.90. The minimum absolute atomic E-state index is 0.447. The van der Waals surface area contributed by atoms with Gasteiger partial charge in [0.25, 0.3) is 0 Å². The summed E-state index contributed by atoms with van der Waals surface area (Å²) < 4.78 is 5.69. The molecule has 0 aliphatic rings. The average Bonchev–Trinajstić information content (AvgIpc) is 2.37. The molecule has 0 saturated heterocycles. The Bertz CT molecular complexity index is 379. The summed E-state index contributed by atoms with van der Waals surface area (Å²) in [6, 6.07) is 0. The van der Waals surface area contributed by atoms with Crippen LogP contribution in [0.15, 0.2) is 0 Å². The number of hydrogen-bond donors (Lipinski definition) is 1. The number of aryl methyl sites for hydroxylation is 1. The zero-order valence-electron chi connectivity index (χ0n) is 11.9. The van der Waals surface area contributed by atoms with Gasteiger partial charge >= 0.3 is 0 Å². The van der Waals surface area contributed by atoms with Gasteiger partial charge in [0.1, 0.15) is 6.61 Å². The molecule has 0 aliphatic carbocycles. The molecule has 5 nitrogen and oxygen atoms in total. The van der Waals surface area contributed by atoms with Crippen LogP contribution in [0.25, 0.3) is 0 Å². The van der Waals surface area contributed by atoms with E-state index >= 15 is 0 Å². The summed E-state index contributed by atoms with van der Waals surface area (Å²) in [7, 11) is 4.02. The third kappa shape index (κ3) is 3.65. The smallest absolute Gasteiger partial charge is 0.238 e.